The minimum Gasteiger partial charge on any atom is -0.504 e. The van der Waals surface area contributed by atoms with Crippen LogP contribution in [0.25, 0.3) is 21.9 Å². The number of phenolic OH excluding ortho intramolecular Hbond substituents is 1. The number of phenols is 1. The van der Waals surface area contributed by atoms with Crippen LogP contribution in [0.2, 0.25) is 0 Å². The van der Waals surface area contributed by atoms with Gasteiger partial charge in [0.1, 0.15) is 11.3 Å². The number of ether oxygens (including phenoxy) is 2. The zero-order valence-electron chi connectivity index (χ0n) is 15.0. The number of aromatic amines is 2. The number of H-pyrrole nitrogens is 2. The van der Waals surface area contributed by atoms with E-state index < -0.39 is 11.2 Å². The lowest BCUT2D eigenvalue weighted by atomic mass is 10.2. The maximum absolute atomic E-state index is 12.8. The lowest BCUT2D eigenvalue weighted by molar-refractivity contribution is 0.373. The van der Waals surface area contributed by atoms with E-state index in [-0.39, 0.29) is 17.0 Å². The summed E-state index contributed by atoms with van der Waals surface area (Å²) in [5, 5.41) is 14.3. The SMILES string of the molecule is COc1ccc2[nH]c3c(=O)n(/N=C\c4ccc(O)c(OC)c4)c(=O)[nH]c3c2c1. The third-order valence-corrected chi connectivity index (χ3v) is 4.36. The summed E-state index contributed by atoms with van der Waals surface area (Å²) in [5.74, 6) is 0.840. The summed E-state index contributed by atoms with van der Waals surface area (Å²) in [6.45, 7) is 0. The molecule has 142 valence electrons. The van der Waals surface area contributed by atoms with Gasteiger partial charge in [0.2, 0.25) is 0 Å². The Kier molecular flexibility index (Phi) is 4.11. The van der Waals surface area contributed by atoms with Crippen molar-refractivity contribution in [1.82, 2.24) is 14.6 Å². The molecule has 0 saturated carbocycles. The molecule has 2 aromatic heterocycles. The molecule has 0 aliphatic rings. The standard InChI is InChI=1S/C19H16N4O5/c1-27-11-4-5-13-12(8-11)16-17(21-13)18(25)23(19(26)22-16)20-9-10-3-6-14(24)15(7-10)28-2/h3-9,21,24H,1-2H3,(H,22,26)/b20-9-. The van der Waals surface area contributed by atoms with Gasteiger partial charge in [0.15, 0.2) is 11.5 Å². The number of fused-ring (bicyclic) bond motifs is 3. The highest BCUT2D eigenvalue weighted by Gasteiger charge is 2.13. The van der Waals surface area contributed by atoms with E-state index in [2.05, 4.69) is 15.1 Å². The highest BCUT2D eigenvalue weighted by Crippen LogP contribution is 2.26. The number of nitrogens with one attached hydrogen (secondary N) is 2. The molecule has 0 spiro atoms. The number of hydrogen-bond acceptors (Lipinski definition) is 6. The van der Waals surface area contributed by atoms with Crippen LogP contribution in [0.15, 0.2) is 51.1 Å². The maximum atomic E-state index is 12.8. The van der Waals surface area contributed by atoms with Crippen LogP contribution in [0.3, 0.4) is 0 Å². The Morgan fingerprint density at radius 1 is 1.04 bits per heavy atom. The number of hydrogen-bond donors (Lipinski definition) is 3. The van der Waals surface area contributed by atoms with E-state index in [1.807, 2.05) is 0 Å². The summed E-state index contributed by atoms with van der Waals surface area (Å²) in [5.41, 5.74) is 0.583. The molecular weight excluding hydrogens is 364 g/mol. The Labute approximate surface area is 157 Å². The summed E-state index contributed by atoms with van der Waals surface area (Å²) >= 11 is 0. The first-order valence-corrected chi connectivity index (χ1v) is 8.28. The second-order valence-electron chi connectivity index (χ2n) is 6.01. The molecule has 2 heterocycles. The zero-order chi connectivity index (χ0) is 19.8. The van der Waals surface area contributed by atoms with Crippen molar-refractivity contribution in [1.29, 1.82) is 0 Å². The second kappa shape index (κ2) is 6.62. The predicted octanol–water partition coefficient (Wildman–Crippen LogP) is 1.78. The Bertz CT molecular complexity index is 1350. The first-order chi connectivity index (χ1) is 13.5. The molecule has 0 aliphatic carbocycles. The van der Waals surface area contributed by atoms with Gasteiger partial charge in [0.25, 0.3) is 0 Å². The molecule has 9 nitrogen and oxygen atoms in total. The molecule has 0 unspecified atom stereocenters. The second-order valence-corrected chi connectivity index (χ2v) is 6.01. The molecule has 28 heavy (non-hydrogen) atoms. The summed E-state index contributed by atoms with van der Waals surface area (Å²) in [6.07, 6.45) is 1.33. The first kappa shape index (κ1) is 17.4. The number of nitrogens with zero attached hydrogens (tertiary/aromatic N) is 2. The zero-order valence-corrected chi connectivity index (χ0v) is 15.0. The van der Waals surface area contributed by atoms with E-state index >= 15 is 0 Å². The van der Waals surface area contributed by atoms with Crippen molar-refractivity contribution in [2.24, 2.45) is 5.10 Å². The topological polar surface area (TPSA) is 122 Å². The molecule has 0 fully saturated rings. The summed E-state index contributed by atoms with van der Waals surface area (Å²) in [7, 11) is 2.96. The molecule has 9 heteroatoms. The Hall–Kier alpha value is -4.01. The van der Waals surface area contributed by atoms with Crippen molar-refractivity contribution in [3.05, 3.63) is 62.8 Å². The maximum Gasteiger partial charge on any atom is 0.350 e. The lowest BCUT2D eigenvalue weighted by Gasteiger charge is -2.03. The molecule has 4 aromatic rings. The van der Waals surface area contributed by atoms with Crippen LogP contribution in [0, 0.1) is 0 Å². The van der Waals surface area contributed by atoms with Gasteiger partial charge >= 0.3 is 11.2 Å². The largest absolute Gasteiger partial charge is 0.504 e. The van der Waals surface area contributed by atoms with Gasteiger partial charge < -0.3 is 24.5 Å². The average molecular weight is 380 g/mol. The number of aromatic hydroxyl groups is 1. The van der Waals surface area contributed by atoms with E-state index in [1.165, 1.54) is 25.5 Å². The predicted molar refractivity (Wildman–Crippen MR) is 105 cm³/mol. The Morgan fingerprint density at radius 2 is 1.86 bits per heavy atom. The number of aromatic nitrogens is 3. The third kappa shape index (κ3) is 2.78. The van der Waals surface area contributed by atoms with Gasteiger partial charge in [0.05, 0.1) is 26.0 Å². The highest BCUT2D eigenvalue weighted by molar-refractivity contribution is 6.04. The Morgan fingerprint density at radius 3 is 2.61 bits per heavy atom. The van der Waals surface area contributed by atoms with Gasteiger partial charge in [0, 0.05) is 10.9 Å². The minimum atomic E-state index is -0.678. The van der Waals surface area contributed by atoms with Crippen LogP contribution in [0.1, 0.15) is 5.56 Å². The molecule has 3 N–H and O–H groups in total. The smallest absolute Gasteiger partial charge is 0.350 e. The van der Waals surface area contributed by atoms with E-state index in [0.717, 1.165) is 4.68 Å². The van der Waals surface area contributed by atoms with Gasteiger partial charge in [-0.05, 0) is 42.0 Å². The number of rotatable bonds is 4. The molecule has 0 bridgehead atoms. The van der Waals surface area contributed by atoms with Gasteiger partial charge in [-0.25, -0.2) is 4.79 Å². The Balaban J connectivity index is 1.85. The minimum absolute atomic E-state index is 0.0235. The highest BCUT2D eigenvalue weighted by atomic mass is 16.5. The lowest BCUT2D eigenvalue weighted by Crippen LogP contribution is -2.32. The molecular formula is C19H16N4O5. The van der Waals surface area contributed by atoms with Crippen LogP contribution in [-0.4, -0.2) is 40.2 Å². The van der Waals surface area contributed by atoms with Crippen molar-refractivity contribution < 1.29 is 14.6 Å². The number of methoxy groups -OCH3 is 2. The fourth-order valence-electron chi connectivity index (χ4n) is 2.95. The summed E-state index contributed by atoms with van der Waals surface area (Å²) in [4.78, 5) is 30.9. The number of benzene rings is 2. The van der Waals surface area contributed by atoms with Crippen molar-refractivity contribution in [3.63, 3.8) is 0 Å². The van der Waals surface area contributed by atoms with Crippen LogP contribution in [0.5, 0.6) is 17.2 Å². The normalized spacial score (nSPS) is 11.5. The average Bonchev–Trinajstić information content (AvgIpc) is 3.06. The third-order valence-electron chi connectivity index (χ3n) is 4.36. The quantitative estimate of drug-likeness (QED) is 0.466. The van der Waals surface area contributed by atoms with Crippen molar-refractivity contribution >= 4 is 28.2 Å². The fourth-order valence-corrected chi connectivity index (χ4v) is 2.95. The monoisotopic (exact) mass is 380 g/mol. The molecule has 0 aliphatic heterocycles. The van der Waals surface area contributed by atoms with Gasteiger partial charge in [-0.1, -0.05) is 0 Å². The summed E-state index contributed by atoms with van der Waals surface area (Å²) in [6, 6.07) is 9.80. The van der Waals surface area contributed by atoms with Crippen molar-refractivity contribution in [2.75, 3.05) is 14.2 Å². The fraction of sp³-hybridized carbons (Fsp3) is 0.105. The van der Waals surface area contributed by atoms with Crippen LogP contribution in [-0.2, 0) is 0 Å². The molecule has 0 amide bonds. The first-order valence-electron chi connectivity index (χ1n) is 8.28. The van der Waals surface area contributed by atoms with E-state index in [9.17, 15) is 14.7 Å². The van der Waals surface area contributed by atoms with Crippen LogP contribution in [0.4, 0.5) is 0 Å². The van der Waals surface area contributed by atoms with E-state index in [0.29, 0.717) is 27.7 Å². The molecule has 0 saturated heterocycles. The van der Waals surface area contributed by atoms with Gasteiger partial charge in [-0.3, -0.25) is 4.79 Å². The van der Waals surface area contributed by atoms with Crippen LogP contribution >= 0.6 is 0 Å². The molecule has 0 atom stereocenters. The van der Waals surface area contributed by atoms with Gasteiger partial charge in [-0.2, -0.15) is 5.10 Å². The van der Waals surface area contributed by atoms with Crippen molar-refractivity contribution in [3.8, 4) is 17.2 Å². The molecule has 2 aromatic carbocycles. The molecule has 4 rings (SSSR count). The van der Waals surface area contributed by atoms with Gasteiger partial charge in [-0.15, -0.1) is 4.68 Å². The van der Waals surface area contributed by atoms with Crippen LogP contribution < -0.4 is 20.7 Å². The van der Waals surface area contributed by atoms with E-state index in [4.69, 9.17) is 9.47 Å². The van der Waals surface area contributed by atoms with E-state index in [1.54, 1.807) is 31.4 Å². The van der Waals surface area contributed by atoms with Crippen molar-refractivity contribution in [2.45, 2.75) is 0 Å². The summed E-state index contributed by atoms with van der Waals surface area (Å²) < 4.78 is 11.0. The molecule has 0 radical (unpaired) electrons.